The molecule has 0 aliphatic heterocycles. The van der Waals surface area contributed by atoms with Crippen molar-refractivity contribution in [3.8, 4) is 0 Å². The van der Waals surface area contributed by atoms with Crippen LogP contribution in [0.4, 0.5) is 0 Å². The fraction of sp³-hybridized carbons (Fsp3) is 0.235. The number of rotatable bonds is 3. The van der Waals surface area contributed by atoms with Crippen molar-refractivity contribution in [1.82, 2.24) is 19.5 Å². The molecule has 0 atom stereocenters. The second-order valence-corrected chi connectivity index (χ2v) is 9.33. The summed E-state index contributed by atoms with van der Waals surface area (Å²) in [5.41, 5.74) is 1.97. The van der Waals surface area contributed by atoms with Gasteiger partial charge in [0.1, 0.15) is 10.7 Å². The lowest BCUT2D eigenvalue weighted by Crippen LogP contribution is -2.16. The zero-order valence-electron chi connectivity index (χ0n) is 14.4. The molecule has 1 aromatic carbocycles. The highest BCUT2D eigenvalue weighted by Gasteiger charge is 2.20. The first-order valence-corrected chi connectivity index (χ1v) is 10.6. The molecule has 0 radical (unpaired) electrons. The van der Waals surface area contributed by atoms with Crippen LogP contribution < -0.4 is 5.56 Å². The standard InChI is InChI=1S/C17H16N4O3S2/c1-9-10(2)25-16-14(9)15(22)19-13(20-16)8-21-12-7-5-4-6-11(12)18-17(21)26(3,23)24/h4-7H,8H2,1-3H3,(H,19,20,22). The number of H-pyrrole nitrogens is 1. The molecular formula is C17H16N4O3S2. The molecule has 0 saturated carbocycles. The summed E-state index contributed by atoms with van der Waals surface area (Å²) in [6, 6.07) is 7.17. The van der Waals surface area contributed by atoms with Crippen LogP contribution in [-0.4, -0.2) is 34.2 Å². The highest BCUT2D eigenvalue weighted by atomic mass is 32.2. The average Bonchev–Trinajstić information content (AvgIpc) is 3.06. The van der Waals surface area contributed by atoms with Crippen molar-refractivity contribution in [2.24, 2.45) is 0 Å². The van der Waals surface area contributed by atoms with Gasteiger partial charge in [-0.15, -0.1) is 11.3 Å². The SMILES string of the molecule is Cc1sc2nc(Cn3c(S(C)(=O)=O)nc4ccccc43)[nH]c(=O)c2c1C. The Labute approximate surface area is 153 Å². The van der Waals surface area contributed by atoms with Crippen LogP contribution >= 0.6 is 11.3 Å². The number of para-hydroxylation sites is 2. The van der Waals surface area contributed by atoms with E-state index in [0.717, 1.165) is 16.7 Å². The summed E-state index contributed by atoms with van der Waals surface area (Å²) in [4.78, 5) is 25.7. The number of imidazole rings is 1. The molecule has 0 aliphatic rings. The van der Waals surface area contributed by atoms with Gasteiger partial charge in [0.2, 0.25) is 15.0 Å². The van der Waals surface area contributed by atoms with Gasteiger partial charge < -0.3 is 9.55 Å². The van der Waals surface area contributed by atoms with Crippen molar-refractivity contribution in [3.05, 3.63) is 50.9 Å². The number of aromatic nitrogens is 4. The van der Waals surface area contributed by atoms with Crippen LogP contribution in [0.25, 0.3) is 21.3 Å². The van der Waals surface area contributed by atoms with E-state index in [2.05, 4.69) is 15.0 Å². The maximum absolute atomic E-state index is 12.5. The topological polar surface area (TPSA) is 97.7 Å². The normalized spacial score (nSPS) is 12.3. The molecule has 134 valence electrons. The molecule has 3 heterocycles. The maximum atomic E-state index is 12.5. The predicted octanol–water partition coefficient (Wildman–Crippen LogP) is 2.40. The van der Waals surface area contributed by atoms with E-state index in [1.54, 1.807) is 22.8 Å². The van der Waals surface area contributed by atoms with Crippen molar-refractivity contribution >= 4 is 42.4 Å². The predicted molar refractivity (Wildman–Crippen MR) is 102 cm³/mol. The van der Waals surface area contributed by atoms with E-state index in [9.17, 15) is 13.2 Å². The molecule has 0 bridgehead atoms. The summed E-state index contributed by atoms with van der Waals surface area (Å²) >= 11 is 1.46. The summed E-state index contributed by atoms with van der Waals surface area (Å²) in [6.07, 6.45) is 1.12. The van der Waals surface area contributed by atoms with Crippen molar-refractivity contribution in [3.63, 3.8) is 0 Å². The molecule has 7 nitrogen and oxygen atoms in total. The van der Waals surface area contributed by atoms with Gasteiger partial charge in [-0.05, 0) is 31.5 Å². The number of aromatic amines is 1. The average molecular weight is 388 g/mol. The highest BCUT2D eigenvalue weighted by Crippen LogP contribution is 2.26. The molecule has 4 rings (SSSR count). The summed E-state index contributed by atoms with van der Waals surface area (Å²) < 4.78 is 25.9. The highest BCUT2D eigenvalue weighted by molar-refractivity contribution is 7.90. The lowest BCUT2D eigenvalue weighted by atomic mass is 10.2. The Hall–Kier alpha value is -2.52. The Morgan fingerprint density at radius 1 is 1.19 bits per heavy atom. The Kier molecular flexibility index (Phi) is 3.74. The molecule has 0 aliphatic carbocycles. The first-order chi connectivity index (χ1) is 12.3. The molecule has 26 heavy (non-hydrogen) atoms. The molecule has 4 aromatic rings. The van der Waals surface area contributed by atoms with Crippen LogP contribution in [0.5, 0.6) is 0 Å². The molecule has 9 heteroatoms. The van der Waals surface area contributed by atoms with E-state index in [1.807, 2.05) is 19.9 Å². The van der Waals surface area contributed by atoms with E-state index >= 15 is 0 Å². The fourth-order valence-electron chi connectivity index (χ4n) is 3.01. The summed E-state index contributed by atoms with van der Waals surface area (Å²) in [7, 11) is -3.54. The van der Waals surface area contributed by atoms with Gasteiger partial charge >= 0.3 is 0 Å². The molecule has 0 saturated heterocycles. The number of nitrogens with zero attached hydrogens (tertiary/aromatic N) is 3. The number of aryl methyl sites for hydroxylation is 2. The molecule has 3 aromatic heterocycles. The zero-order valence-corrected chi connectivity index (χ0v) is 16.0. The molecule has 0 unspecified atom stereocenters. The van der Waals surface area contributed by atoms with Crippen molar-refractivity contribution in [1.29, 1.82) is 0 Å². The second-order valence-electron chi connectivity index (χ2n) is 6.22. The second kappa shape index (κ2) is 5.75. The van der Waals surface area contributed by atoms with E-state index < -0.39 is 9.84 Å². The van der Waals surface area contributed by atoms with Gasteiger partial charge in [-0.2, -0.15) is 0 Å². The Morgan fingerprint density at radius 3 is 2.65 bits per heavy atom. The first kappa shape index (κ1) is 16.9. The van der Waals surface area contributed by atoms with Gasteiger partial charge in [0, 0.05) is 11.1 Å². The largest absolute Gasteiger partial charge is 0.308 e. The Morgan fingerprint density at radius 2 is 1.92 bits per heavy atom. The third-order valence-corrected chi connectivity index (χ3v) is 6.42. The number of fused-ring (bicyclic) bond motifs is 2. The number of nitrogens with one attached hydrogen (secondary N) is 1. The molecule has 1 N–H and O–H groups in total. The van der Waals surface area contributed by atoms with Crippen LogP contribution in [0.15, 0.2) is 34.2 Å². The number of thiophene rings is 1. The summed E-state index contributed by atoms with van der Waals surface area (Å²) in [5, 5.41) is 0.551. The lowest BCUT2D eigenvalue weighted by molar-refractivity contribution is 0.578. The monoisotopic (exact) mass is 388 g/mol. The number of hydrogen-bond acceptors (Lipinski definition) is 6. The maximum Gasteiger partial charge on any atom is 0.259 e. The van der Waals surface area contributed by atoms with Crippen molar-refractivity contribution < 1.29 is 8.42 Å². The summed E-state index contributed by atoms with van der Waals surface area (Å²) in [6.45, 7) is 3.96. The van der Waals surface area contributed by atoms with Gasteiger partial charge in [-0.25, -0.2) is 18.4 Å². The fourth-order valence-corrected chi connectivity index (χ4v) is 4.89. The number of sulfone groups is 1. The minimum absolute atomic E-state index is 0.0417. The van der Waals surface area contributed by atoms with E-state index in [-0.39, 0.29) is 17.3 Å². The van der Waals surface area contributed by atoms with Crippen LogP contribution in [0.3, 0.4) is 0 Å². The van der Waals surface area contributed by atoms with E-state index in [1.165, 1.54) is 11.3 Å². The van der Waals surface area contributed by atoms with Gasteiger partial charge in [0.25, 0.3) is 5.56 Å². The van der Waals surface area contributed by atoms with E-state index in [0.29, 0.717) is 27.1 Å². The third-order valence-electron chi connectivity index (χ3n) is 4.35. The molecule has 0 amide bonds. The van der Waals surface area contributed by atoms with Crippen LogP contribution in [0.1, 0.15) is 16.3 Å². The number of hydrogen-bond donors (Lipinski definition) is 1. The van der Waals surface area contributed by atoms with E-state index in [4.69, 9.17) is 0 Å². The third kappa shape index (κ3) is 2.63. The number of benzene rings is 1. The van der Waals surface area contributed by atoms with Gasteiger partial charge in [0.05, 0.1) is 23.0 Å². The molecule has 0 spiro atoms. The lowest BCUT2D eigenvalue weighted by Gasteiger charge is -2.07. The van der Waals surface area contributed by atoms with Crippen molar-refractivity contribution in [2.45, 2.75) is 25.5 Å². The summed E-state index contributed by atoms with van der Waals surface area (Å²) in [5.74, 6) is 0.400. The van der Waals surface area contributed by atoms with Crippen LogP contribution in [0, 0.1) is 13.8 Å². The van der Waals surface area contributed by atoms with Gasteiger partial charge in [-0.3, -0.25) is 4.79 Å². The minimum Gasteiger partial charge on any atom is -0.308 e. The Balaban J connectivity index is 1.93. The van der Waals surface area contributed by atoms with Crippen molar-refractivity contribution in [2.75, 3.05) is 6.26 Å². The zero-order chi connectivity index (χ0) is 18.6. The smallest absolute Gasteiger partial charge is 0.259 e. The molecule has 0 fully saturated rings. The quantitative estimate of drug-likeness (QED) is 0.581. The first-order valence-electron chi connectivity index (χ1n) is 7.90. The minimum atomic E-state index is -3.54. The van der Waals surface area contributed by atoms with Crippen LogP contribution in [0.2, 0.25) is 0 Å². The van der Waals surface area contributed by atoms with Gasteiger partial charge in [-0.1, -0.05) is 12.1 Å². The Bertz CT molecular complexity index is 1330. The van der Waals surface area contributed by atoms with Gasteiger partial charge in [0.15, 0.2) is 0 Å². The molecular weight excluding hydrogens is 372 g/mol. The van der Waals surface area contributed by atoms with Crippen LogP contribution in [-0.2, 0) is 16.4 Å².